The number of aryl methyl sites for hydroxylation is 1. The van der Waals surface area contributed by atoms with Gasteiger partial charge in [0.1, 0.15) is 5.01 Å². The summed E-state index contributed by atoms with van der Waals surface area (Å²) in [6.45, 7) is 2.78. The number of nitrogens with two attached hydrogens (primary N) is 1. The molecule has 2 aromatic heterocycles. The predicted octanol–water partition coefficient (Wildman–Crippen LogP) is 2.52. The molecule has 0 amide bonds. The monoisotopic (exact) mass is 272 g/mol. The molecule has 0 aliphatic rings. The summed E-state index contributed by atoms with van der Waals surface area (Å²) in [5.74, 6) is 0. The van der Waals surface area contributed by atoms with Gasteiger partial charge < -0.3 is 5.73 Å². The van der Waals surface area contributed by atoms with Crippen LogP contribution in [-0.2, 0) is 12.8 Å². The highest BCUT2D eigenvalue weighted by molar-refractivity contribution is 7.16. The second-order valence-electron chi connectivity index (χ2n) is 4.44. The Morgan fingerprint density at radius 1 is 1.26 bits per heavy atom. The fraction of sp³-hybridized carbons (Fsp3) is 0.286. The average Bonchev–Trinajstić information content (AvgIpc) is 2.97. The van der Waals surface area contributed by atoms with Gasteiger partial charge in [-0.15, -0.1) is 0 Å². The van der Waals surface area contributed by atoms with Crippen molar-refractivity contribution >= 4 is 16.3 Å². The number of rotatable bonds is 4. The van der Waals surface area contributed by atoms with Crippen LogP contribution in [0.5, 0.6) is 0 Å². The molecule has 4 nitrogen and oxygen atoms in total. The van der Waals surface area contributed by atoms with E-state index in [0.29, 0.717) is 6.54 Å². The Labute approximate surface area is 115 Å². The van der Waals surface area contributed by atoms with Crippen LogP contribution in [0.1, 0.15) is 17.5 Å². The first kappa shape index (κ1) is 12.3. The molecule has 3 rings (SSSR count). The Hall–Kier alpha value is -1.72. The Morgan fingerprint density at radius 3 is 2.68 bits per heavy atom. The van der Waals surface area contributed by atoms with Crippen molar-refractivity contribution in [1.82, 2.24) is 14.6 Å². The smallest absolute Gasteiger partial charge is 0.212 e. The fourth-order valence-electron chi connectivity index (χ4n) is 2.02. The van der Waals surface area contributed by atoms with E-state index >= 15 is 0 Å². The fourth-order valence-corrected chi connectivity index (χ4v) is 2.91. The molecule has 2 heterocycles. The van der Waals surface area contributed by atoms with Crippen LogP contribution < -0.4 is 5.73 Å². The van der Waals surface area contributed by atoms with Crippen LogP contribution in [0.15, 0.2) is 30.5 Å². The highest BCUT2D eigenvalue weighted by atomic mass is 32.1. The van der Waals surface area contributed by atoms with Crippen molar-refractivity contribution < 1.29 is 0 Å². The summed E-state index contributed by atoms with van der Waals surface area (Å²) < 4.78 is 1.85. The first-order valence-electron chi connectivity index (χ1n) is 6.44. The van der Waals surface area contributed by atoms with Crippen LogP contribution in [0.4, 0.5) is 0 Å². The molecule has 0 saturated heterocycles. The molecule has 1 aromatic carbocycles. The standard InChI is InChI=1S/C14H16N4S/c1-2-10-3-5-11(6-4-10)12-9-18-14(16-12)19-13(17-18)7-8-15/h3-6,9H,2,7-8,15H2,1H3. The minimum absolute atomic E-state index is 0.627. The van der Waals surface area contributed by atoms with Crippen LogP contribution in [-0.4, -0.2) is 21.1 Å². The minimum atomic E-state index is 0.627. The van der Waals surface area contributed by atoms with Crippen molar-refractivity contribution in [3.05, 3.63) is 41.0 Å². The third-order valence-electron chi connectivity index (χ3n) is 3.10. The number of nitrogens with zero attached hydrogens (tertiary/aromatic N) is 3. The van der Waals surface area contributed by atoms with Crippen LogP contribution >= 0.6 is 11.3 Å². The normalized spacial score (nSPS) is 11.3. The molecular formula is C14H16N4S. The maximum Gasteiger partial charge on any atom is 0.212 e. The molecule has 98 valence electrons. The summed E-state index contributed by atoms with van der Waals surface area (Å²) in [7, 11) is 0. The van der Waals surface area contributed by atoms with Crippen molar-refractivity contribution in [3.8, 4) is 11.3 Å². The van der Waals surface area contributed by atoms with E-state index in [2.05, 4.69) is 41.3 Å². The zero-order valence-electron chi connectivity index (χ0n) is 10.8. The topological polar surface area (TPSA) is 56.2 Å². The molecule has 2 N–H and O–H groups in total. The zero-order chi connectivity index (χ0) is 13.2. The highest BCUT2D eigenvalue weighted by Crippen LogP contribution is 2.22. The Bertz CT molecular complexity index is 650. The molecule has 0 radical (unpaired) electrons. The maximum absolute atomic E-state index is 5.54. The number of hydrogen-bond donors (Lipinski definition) is 1. The molecular weight excluding hydrogens is 256 g/mol. The van der Waals surface area contributed by atoms with Gasteiger partial charge in [0.2, 0.25) is 4.96 Å². The molecule has 0 aliphatic heterocycles. The molecule has 0 spiro atoms. The summed E-state index contributed by atoms with van der Waals surface area (Å²) in [5, 5.41) is 5.51. The van der Waals surface area contributed by atoms with Gasteiger partial charge in [-0.3, -0.25) is 0 Å². The third kappa shape index (κ3) is 2.39. The van der Waals surface area contributed by atoms with Gasteiger partial charge in [0.25, 0.3) is 0 Å². The molecule has 3 aromatic rings. The molecule has 0 unspecified atom stereocenters. The van der Waals surface area contributed by atoms with E-state index in [1.807, 2.05) is 10.7 Å². The second-order valence-corrected chi connectivity index (χ2v) is 5.48. The van der Waals surface area contributed by atoms with E-state index in [-0.39, 0.29) is 0 Å². The number of benzene rings is 1. The van der Waals surface area contributed by atoms with E-state index in [9.17, 15) is 0 Å². The molecule has 19 heavy (non-hydrogen) atoms. The SMILES string of the molecule is CCc1ccc(-c2cn3nc(CCN)sc3n2)cc1. The first-order valence-corrected chi connectivity index (χ1v) is 7.26. The lowest BCUT2D eigenvalue weighted by Crippen LogP contribution is -2.02. The van der Waals surface area contributed by atoms with E-state index in [4.69, 9.17) is 5.73 Å². The molecule has 0 fully saturated rings. The molecule has 0 saturated carbocycles. The van der Waals surface area contributed by atoms with E-state index in [1.165, 1.54) is 5.56 Å². The number of imidazole rings is 1. The van der Waals surface area contributed by atoms with Crippen molar-refractivity contribution in [2.45, 2.75) is 19.8 Å². The maximum atomic E-state index is 5.54. The molecule has 5 heteroatoms. The number of fused-ring (bicyclic) bond motifs is 1. The Morgan fingerprint density at radius 2 is 2.05 bits per heavy atom. The lowest BCUT2D eigenvalue weighted by molar-refractivity contribution is 0.873. The molecule has 0 atom stereocenters. The van der Waals surface area contributed by atoms with Gasteiger partial charge in [0.15, 0.2) is 0 Å². The second kappa shape index (κ2) is 5.11. The number of aromatic nitrogens is 3. The van der Waals surface area contributed by atoms with Crippen molar-refractivity contribution in [2.75, 3.05) is 6.54 Å². The van der Waals surface area contributed by atoms with Gasteiger partial charge in [-0.2, -0.15) is 5.10 Å². The Kier molecular flexibility index (Phi) is 3.31. The van der Waals surface area contributed by atoms with Crippen LogP contribution in [0.2, 0.25) is 0 Å². The van der Waals surface area contributed by atoms with Gasteiger partial charge in [0, 0.05) is 12.0 Å². The van der Waals surface area contributed by atoms with Crippen LogP contribution in [0, 0.1) is 0 Å². The summed E-state index contributed by atoms with van der Waals surface area (Å²) in [5.41, 5.74) is 8.98. The van der Waals surface area contributed by atoms with Crippen molar-refractivity contribution in [1.29, 1.82) is 0 Å². The lowest BCUT2D eigenvalue weighted by Gasteiger charge is -1.98. The summed E-state index contributed by atoms with van der Waals surface area (Å²) >= 11 is 1.61. The average molecular weight is 272 g/mol. The van der Waals surface area contributed by atoms with Gasteiger partial charge in [-0.25, -0.2) is 9.50 Å². The largest absolute Gasteiger partial charge is 0.330 e. The van der Waals surface area contributed by atoms with Gasteiger partial charge in [-0.05, 0) is 18.5 Å². The Balaban J connectivity index is 1.93. The van der Waals surface area contributed by atoms with E-state index in [0.717, 1.165) is 34.1 Å². The number of hydrogen-bond acceptors (Lipinski definition) is 4. The summed E-state index contributed by atoms with van der Waals surface area (Å²) in [6, 6.07) is 8.53. The van der Waals surface area contributed by atoms with Gasteiger partial charge >= 0.3 is 0 Å². The van der Waals surface area contributed by atoms with E-state index < -0.39 is 0 Å². The van der Waals surface area contributed by atoms with Gasteiger partial charge in [0.05, 0.1) is 11.9 Å². The van der Waals surface area contributed by atoms with Crippen molar-refractivity contribution in [3.63, 3.8) is 0 Å². The lowest BCUT2D eigenvalue weighted by atomic mass is 10.1. The van der Waals surface area contributed by atoms with Crippen LogP contribution in [0.3, 0.4) is 0 Å². The molecule has 0 bridgehead atoms. The van der Waals surface area contributed by atoms with E-state index in [1.54, 1.807) is 11.3 Å². The summed E-state index contributed by atoms with van der Waals surface area (Å²) in [4.78, 5) is 5.55. The highest BCUT2D eigenvalue weighted by Gasteiger charge is 2.09. The van der Waals surface area contributed by atoms with Crippen LogP contribution in [0.25, 0.3) is 16.2 Å². The quantitative estimate of drug-likeness (QED) is 0.794. The minimum Gasteiger partial charge on any atom is -0.330 e. The molecule has 0 aliphatic carbocycles. The predicted molar refractivity (Wildman–Crippen MR) is 78.4 cm³/mol. The van der Waals surface area contributed by atoms with Gasteiger partial charge in [-0.1, -0.05) is 42.5 Å². The summed E-state index contributed by atoms with van der Waals surface area (Å²) in [6.07, 6.45) is 3.85. The third-order valence-corrected chi connectivity index (χ3v) is 4.08. The van der Waals surface area contributed by atoms with Crippen molar-refractivity contribution in [2.24, 2.45) is 5.73 Å². The first-order chi connectivity index (χ1) is 9.30. The zero-order valence-corrected chi connectivity index (χ0v) is 11.7.